The minimum Gasteiger partial charge on any atom is -0.495 e. The third-order valence-corrected chi connectivity index (χ3v) is 4.76. The minimum absolute atomic E-state index is 0.0544. The molecule has 0 bridgehead atoms. The highest BCUT2D eigenvalue weighted by molar-refractivity contribution is 7.22. The average Bonchev–Trinajstić information content (AvgIpc) is 2.68. The van der Waals surface area contributed by atoms with Gasteiger partial charge in [0.2, 0.25) is 0 Å². The SMILES string of the molecule is COc1ccc2c(Cl)c(C(=O)NC(C)C)sc2c1Cl. The van der Waals surface area contributed by atoms with Gasteiger partial charge in [0.25, 0.3) is 5.91 Å². The highest BCUT2D eigenvalue weighted by Gasteiger charge is 2.20. The van der Waals surface area contributed by atoms with Crippen molar-refractivity contribution in [1.82, 2.24) is 5.32 Å². The van der Waals surface area contributed by atoms with E-state index in [0.29, 0.717) is 20.7 Å². The normalized spacial score (nSPS) is 11.1. The van der Waals surface area contributed by atoms with Gasteiger partial charge in [0.05, 0.1) is 16.8 Å². The molecule has 0 radical (unpaired) electrons. The molecule has 0 aliphatic heterocycles. The molecule has 0 fully saturated rings. The molecule has 0 aliphatic carbocycles. The van der Waals surface area contributed by atoms with Gasteiger partial charge in [-0.3, -0.25) is 4.79 Å². The summed E-state index contributed by atoms with van der Waals surface area (Å²) in [6.07, 6.45) is 0. The Hall–Kier alpha value is -0.970. The molecule has 1 amide bonds. The van der Waals surface area contributed by atoms with Crippen molar-refractivity contribution in [2.75, 3.05) is 7.11 Å². The summed E-state index contributed by atoms with van der Waals surface area (Å²) < 4.78 is 5.92. The number of ether oxygens (including phenoxy) is 1. The van der Waals surface area contributed by atoms with Crippen LogP contribution in [0.25, 0.3) is 10.1 Å². The molecule has 3 nitrogen and oxygen atoms in total. The van der Waals surface area contributed by atoms with E-state index in [0.717, 1.165) is 10.1 Å². The predicted molar refractivity (Wildman–Crippen MR) is 81.0 cm³/mol. The first-order chi connectivity index (χ1) is 8.95. The molecule has 0 saturated carbocycles. The number of carbonyl (C=O) groups is 1. The molecule has 0 atom stereocenters. The molecule has 1 aromatic carbocycles. The highest BCUT2D eigenvalue weighted by Crippen LogP contribution is 2.42. The van der Waals surface area contributed by atoms with Crippen molar-refractivity contribution < 1.29 is 9.53 Å². The lowest BCUT2D eigenvalue weighted by Crippen LogP contribution is -2.29. The van der Waals surface area contributed by atoms with Gasteiger partial charge < -0.3 is 10.1 Å². The maximum absolute atomic E-state index is 12.1. The third kappa shape index (κ3) is 2.66. The van der Waals surface area contributed by atoms with Crippen LogP contribution in [0, 0.1) is 0 Å². The summed E-state index contributed by atoms with van der Waals surface area (Å²) in [4.78, 5) is 12.5. The molecule has 1 N–H and O–H groups in total. The van der Waals surface area contributed by atoms with Gasteiger partial charge >= 0.3 is 0 Å². The first-order valence-corrected chi connectivity index (χ1v) is 7.28. The van der Waals surface area contributed by atoms with E-state index in [1.54, 1.807) is 13.2 Å². The van der Waals surface area contributed by atoms with Crippen molar-refractivity contribution in [3.63, 3.8) is 0 Å². The lowest BCUT2D eigenvalue weighted by molar-refractivity contribution is 0.0947. The van der Waals surface area contributed by atoms with Crippen LogP contribution < -0.4 is 10.1 Å². The van der Waals surface area contributed by atoms with Crippen LogP contribution in [0.1, 0.15) is 23.5 Å². The van der Waals surface area contributed by atoms with E-state index in [9.17, 15) is 4.79 Å². The number of nitrogens with one attached hydrogen (secondary N) is 1. The van der Waals surface area contributed by atoms with Crippen LogP contribution in [-0.4, -0.2) is 19.1 Å². The fourth-order valence-electron chi connectivity index (χ4n) is 1.71. The summed E-state index contributed by atoms with van der Waals surface area (Å²) in [6.45, 7) is 3.80. The van der Waals surface area contributed by atoms with E-state index in [2.05, 4.69) is 5.32 Å². The lowest BCUT2D eigenvalue weighted by atomic mass is 10.2. The van der Waals surface area contributed by atoms with E-state index in [1.807, 2.05) is 19.9 Å². The Bertz CT molecular complexity index is 637. The Morgan fingerprint density at radius 3 is 2.58 bits per heavy atom. The largest absolute Gasteiger partial charge is 0.495 e. The second kappa shape index (κ2) is 5.57. The first kappa shape index (κ1) is 14.4. The van der Waals surface area contributed by atoms with Gasteiger partial charge in [0.15, 0.2) is 0 Å². The van der Waals surface area contributed by atoms with Gasteiger partial charge in [-0.1, -0.05) is 23.2 Å². The quantitative estimate of drug-likeness (QED) is 0.913. The predicted octanol–water partition coefficient (Wildman–Crippen LogP) is 4.35. The van der Waals surface area contributed by atoms with Crippen molar-refractivity contribution in [1.29, 1.82) is 0 Å². The number of thiophene rings is 1. The summed E-state index contributed by atoms with van der Waals surface area (Å²) in [5, 5.41) is 4.51. The van der Waals surface area contributed by atoms with Crippen molar-refractivity contribution in [3.05, 3.63) is 27.1 Å². The monoisotopic (exact) mass is 317 g/mol. The zero-order chi connectivity index (χ0) is 14.2. The number of halogens is 2. The highest BCUT2D eigenvalue weighted by atomic mass is 35.5. The lowest BCUT2D eigenvalue weighted by Gasteiger charge is -2.06. The fraction of sp³-hybridized carbons (Fsp3) is 0.308. The Kier molecular flexibility index (Phi) is 4.23. The number of amides is 1. The molecule has 1 heterocycles. The van der Waals surface area contributed by atoms with Gasteiger partial charge in [0.1, 0.15) is 15.6 Å². The molecule has 19 heavy (non-hydrogen) atoms. The Labute approximate surface area is 125 Å². The van der Waals surface area contributed by atoms with Crippen molar-refractivity contribution in [2.24, 2.45) is 0 Å². The molecule has 6 heteroatoms. The third-order valence-electron chi connectivity index (χ3n) is 2.55. The van der Waals surface area contributed by atoms with Crippen LogP contribution in [-0.2, 0) is 0 Å². The fourth-order valence-corrected chi connectivity index (χ4v) is 3.51. The number of carbonyl (C=O) groups excluding carboxylic acids is 1. The molecule has 0 unspecified atom stereocenters. The molecule has 102 valence electrons. The van der Waals surface area contributed by atoms with Crippen LogP contribution in [0.4, 0.5) is 0 Å². The van der Waals surface area contributed by atoms with Gasteiger partial charge in [-0.15, -0.1) is 11.3 Å². The van der Waals surface area contributed by atoms with Crippen molar-refractivity contribution >= 4 is 50.5 Å². The Morgan fingerprint density at radius 2 is 2.00 bits per heavy atom. The number of rotatable bonds is 3. The average molecular weight is 318 g/mol. The maximum Gasteiger partial charge on any atom is 0.263 e. The molecule has 0 saturated heterocycles. The molecular formula is C13H13Cl2NO2S. The number of benzene rings is 1. The standard InChI is InChI=1S/C13H13Cl2NO2S/c1-6(2)16-13(17)12-9(14)7-4-5-8(18-3)10(15)11(7)19-12/h4-6H,1-3H3,(H,16,17). The summed E-state index contributed by atoms with van der Waals surface area (Å²) in [5.74, 6) is 0.388. The summed E-state index contributed by atoms with van der Waals surface area (Å²) in [6, 6.07) is 3.61. The molecule has 0 aliphatic rings. The van der Waals surface area contributed by atoms with Crippen molar-refractivity contribution in [2.45, 2.75) is 19.9 Å². The number of fused-ring (bicyclic) bond motifs is 1. The number of hydrogen-bond acceptors (Lipinski definition) is 3. The Morgan fingerprint density at radius 1 is 1.32 bits per heavy atom. The van der Waals surface area contributed by atoms with E-state index in [4.69, 9.17) is 27.9 Å². The molecule has 2 rings (SSSR count). The van der Waals surface area contributed by atoms with Crippen LogP contribution in [0.5, 0.6) is 5.75 Å². The van der Waals surface area contributed by atoms with Crippen LogP contribution in [0.15, 0.2) is 12.1 Å². The van der Waals surface area contributed by atoms with Gasteiger partial charge in [0, 0.05) is 11.4 Å². The number of hydrogen-bond donors (Lipinski definition) is 1. The van der Waals surface area contributed by atoms with Crippen molar-refractivity contribution in [3.8, 4) is 5.75 Å². The van der Waals surface area contributed by atoms with Crippen LogP contribution in [0.3, 0.4) is 0 Å². The van der Waals surface area contributed by atoms with E-state index >= 15 is 0 Å². The van der Waals surface area contributed by atoms with E-state index in [1.165, 1.54) is 11.3 Å². The molecule has 0 spiro atoms. The minimum atomic E-state index is -0.184. The van der Waals surface area contributed by atoms with E-state index < -0.39 is 0 Å². The first-order valence-electron chi connectivity index (χ1n) is 5.71. The summed E-state index contributed by atoms with van der Waals surface area (Å²) in [7, 11) is 1.55. The zero-order valence-electron chi connectivity index (χ0n) is 10.7. The van der Waals surface area contributed by atoms with Crippen LogP contribution >= 0.6 is 34.5 Å². The van der Waals surface area contributed by atoms with Gasteiger partial charge in [-0.2, -0.15) is 0 Å². The second-order valence-electron chi connectivity index (χ2n) is 4.33. The molecule has 1 aromatic heterocycles. The number of methoxy groups -OCH3 is 1. The molecular weight excluding hydrogens is 305 g/mol. The molecule has 2 aromatic rings. The topological polar surface area (TPSA) is 38.3 Å². The van der Waals surface area contributed by atoms with Crippen LogP contribution in [0.2, 0.25) is 10.0 Å². The van der Waals surface area contributed by atoms with E-state index in [-0.39, 0.29) is 11.9 Å². The Balaban J connectivity index is 2.56. The smallest absolute Gasteiger partial charge is 0.263 e. The maximum atomic E-state index is 12.1. The van der Waals surface area contributed by atoms with Gasteiger partial charge in [-0.05, 0) is 26.0 Å². The van der Waals surface area contributed by atoms with Gasteiger partial charge in [-0.25, -0.2) is 0 Å². The second-order valence-corrected chi connectivity index (χ2v) is 6.11. The summed E-state index contributed by atoms with van der Waals surface area (Å²) in [5.41, 5.74) is 0. The summed E-state index contributed by atoms with van der Waals surface area (Å²) >= 11 is 13.8. The zero-order valence-corrected chi connectivity index (χ0v) is 13.0.